The lowest BCUT2D eigenvalue weighted by molar-refractivity contribution is -0.151. The number of ether oxygens (including phenoxy) is 1. The van der Waals surface area contributed by atoms with E-state index in [-0.39, 0.29) is 50.9 Å². The normalized spacial score (nSPS) is 32.1. The van der Waals surface area contributed by atoms with Gasteiger partial charge in [0.1, 0.15) is 5.60 Å². The zero-order chi connectivity index (χ0) is 36.0. The molecule has 0 heterocycles. The number of fused-ring (bicyclic) bond motifs is 1. The number of carbonyl (C=O) groups excluding carboxylic acids is 1. The third kappa shape index (κ3) is 9.78. The Balaban J connectivity index is 1.88. The second-order valence-corrected chi connectivity index (χ2v) is 30.0. The van der Waals surface area contributed by atoms with E-state index in [4.69, 9.17) is 13.6 Å². The van der Waals surface area contributed by atoms with Gasteiger partial charge in [-0.3, -0.25) is 4.79 Å². The van der Waals surface area contributed by atoms with Crippen molar-refractivity contribution >= 4 is 34.4 Å². The molecule has 7 atom stereocenters. The number of hydrogen-bond donors (Lipinski definition) is 1. The largest absolute Gasteiger partial charge is 0.459 e. The first-order valence-electron chi connectivity index (χ1n) is 18.1. The van der Waals surface area contributed by atoms with E-state index in [1.54, 1.807) is 11.8 Å². The van der Waals surface area contributed by atoms with E-state index in [1.165, 1.54) is 11.1 Å². The first-order valence-corrected chi connectivity index (χ1v) is 25.0. The summed E-state index contributed by atoms with van der Waals surface area (Å²) in [6.07, 6.45) is 10.2. The molecule has 0 aromatic heterocycles. The lowest BCUT2D eigenvalue weighted by atomic mass is 9.63. The van der Waals surface area contributed by atoms with Gasteiger partial charge in [-0.1, -0.05) is 79.7 Å². The van der Waals surface area contributed by atoms with Crippen LogP contribution in [0.1, 0.15) is 115 Å². The van der Waals surface area contributed by atoms with Gasteiger partial charge >= 0.3 is 5.97 Å². The van der Waals surface area contributed by atoms with E-state index in [0.29, 0.717) is 11.7 Å². The van der Waals surface area contributed by atoms with Gasteiger partial charge in [-0.25, -0.2) is 0 Å². The predicted molar refractivity (Wildman–Crippen MR) is 206 cm³/mol. The van der Waals surface area contributed by atoms with Gasteiger partial charge in [0.2, 0.25) is 0 Å². The molecule has 0 aromatic carbocycles. The van der Waals surface area contributed by atoms with Crippen molar-refractivity contribution in [2.45, 2.75) is 180 Å². The van der Waals surface area contributed by atoms with Crippen LogP contribution in [0.5, 0.6) is 0 Å². The molecule has 0 aliphatic heterocycles. The number of hydrogen-bond acceptors (Lipinski definition) is 6. The number of rotatable bonds is 9. The minimum absolute atomic E-state index is 0.00606. The maximum atomic E-state index is 12.5. The fourth-order valence-corrected chi connectivity index (χ4v) is 11.4. The summed E-state index contributed by atoms with van der Waals surface area (Å²) in [5.74, 6) is 0.591. The smallest absolute Gasteiger partial charge is 0.316 e. The Labute approximate surface area is 295 Å². The van der Waals surface area contributed by atoms with Crippen molar-refractivity contribution in [2.75, 3.05) is 5.75 Å². The molecule has 0 saturated heterocycles. The zero-order valence-electron chi connectivity index (χ0n) is 32.8. The molecule has 3 fully saturated rings. The van der Waals surface area contributed by atoms with Gasteiger partial charge in [-0.15, -0.1) is 11.8 Å². The van der Waals surface area contributed by atoms with Gasteiger partial charge in [-0.2, -0.15) is 0 Å². The summed E-state index contributed by atoms with van der Waals surface area (Å²) in [5, 5.41) is 11.9. The fourth-order valence-electron chi connectivity index (χ4n) is 7.58. The fraction of sp³-hybridized carbons (Fsp3) is 0.821. The van der Waals surface area contributed by atoms with E-state index in [0.717, 1.165) is 44.1 Å². The Hall–Kier alpha value is -0.646. The topological polar surface area (TPSA) is 65.0 Å². The van der Waals surface area contributed by atoms with Gasteiger partial charge in [0.05, 0.1) is 24.1 Å². The first kappa shape index (κ1) is 40.8. The first-order chi connectivity index (χ1) is 21.2. The molecule has 270 valence electrons. The Morgan fingerprint density at radius 3 is 2.13 bits per heavy atom. The molecule has 3 aliphatic carbocycles. The Kier molecular flexibility index (Phi) is 12.6. The van der Waals surface area contributed by atoms with Gasteiger partial charge < -0.3 is 18.7 Å². The highest BCUT2D eigenvalue weighted by Crippen LogP contribution is 2.59. The molecule has 47 heavy (non-hydrogen) atoms. The van der Waals surface area contributed by atoms with Crippen LogP contribution in [0.4, 0.5) is 0 Å². The van der Waals surface area contributed by atoms with Gasteiger partial charge in [-0.05, 0) is 112 Å². The van der Waals surface area contributed by atoms with Crippen molar-refractivity contribution in [1.82, 2.24) is 0 Å². The number of allylic oxidation sites excluding steroid dienone is 3. The van der Waals surface area contributed by atoms with Gasteiger partial charge in [0.25, 0.3) is 0 Å². The van der Waals surface area contributed by atoms with E-state index in [1.807, 2.05) is 20.8 Å². The average molecular weight is 707 g/mol. The molecule has 3 aliphatic rings. The molecular formula is C39H70O5SSi2. The van der Waals surface area contributed by atoms with Crippen LogP contribution in [0.2, 0.25) is 36.3 Å². The minimum Gasteiger partial charge on any atom is -0.459 e. The van der Waals surface area contributed by atoms with Crippen LogP contribution in [0.25, 0.3) is 0 Å². The van der Waals surface area contributed by atoms with Crippen molar-refractivity contribution < 1.29 is 23.5 Å². The number of aliphatic hydroxyl groups excluding tert-OH is 1. The van der Waals surface area contributed by atoms with Crippen LogP contribution in [0.3, 0.4) is 0 Å². The average Bonchev–Trinajstić information content (AvgIpc) is 3.15. The second-order valence-electron chi connectivity index (χ2n) is 19.1. The summed E-state index contributed by atoms with van der Waals surface area (Å²) in [4.78, 5) is 12.5. The van der Waals surface area contributed by atoms with Gasteiger partial charge in [0.15, 0.2) is 16.6 Å². The standard InChI is InChI=1S/C39H70O5SSi2/c1-26-29(22-30(43-46(13,14)37(6,7)8)23-33(26)44-47(15,16)38(9,10)11)20-19-28-18-17-21-39(12)31(28)24-32(40)35(39)27(2)45-25-34(41)42-36(3,4)5/h19-20,27,30-33,35,40H,1,17-18,21-25H2,2-16H3/t27-,30+,31-,32-,33-,35-,39-/m0/s1. The zero-order valence-corrected chi connectivity index (χ0v) is 35.6. The highest BCUT2D eigenvalue weighted by atomic mass is 32.2. The van der Waals surface area contributed by atoms with Crippen LogP contribution in [0, 0.1) is 17.3 Å². The minimum atomic E-state index is -2.03. The van der Waals surface area contributed by atoms with Crippen molar-refractivity contribution in [3.05, 3.63) is 35.5 Å². The maximum Gasteiger partial charge on any atom is 0.316 e. The monoisotopic (exact) mass is 706 g/mol. The predicted octanol–water partition coefficient (Wildman–Crippen LogP) is 10.6. The summed E-state index contributed by atoms with van der Waals surface area (Å²) in [7, 11) is -4.01. The van der Waals surface area contributed by atoms with E-state index < -0.39 is 22.2 Å². The number of thioether (sulfide) groups is 1. The Morgan fingerprint density at radius 2 is 1.57 bits per heavy atom. The maximum absolute atomic E-state index is 12.5. The molecular weight excluding hydrogens is 637 g/mol. The molecule has 0 bridgehead atoms. The molecule has 0 amide bonds. The Morgan fingerprint density at radius 1 is 1.00 bits per heavy atom. The molecule has 3 saturated carbocycles. The third-order valence-electron chi connectivity index (χ3n) is 12.2. The van der Waals surface area contributed by atoms with Gasteiger partial charge in [0, 0.05) is 17.6 Å². The van der Waals surface area contributed by atoms with Crippen LogP contribution in [-0.2, 0) is 18.4 Å². The van der Waals surface area contributed by atoms with Crippen LogP contribution < -0.4 is 0 Å². The SMILES string of the molecule is C=C1C(=CC=C2CCC[C@]3(C)[C@@H]([C@H](C)SCC(=O)OC(C)(C)C)[C@@H](O)C[C@@H]23)C[C@@H](O[Si](C)(C)C(C)(C)C)C[C@@H]1O[Si](C)(C)C(C)(C)C. The lowest BCUT2D eigenvalue weighted by Gasteiger charge is -2.45. The van der Waals surface area contributed by atoms with E-state index in [9.17, 15) is 9.90 Å². The summed E-state index contributed by atoms with van der Waals surface area (Å²) in [6.45, 7) is 38.1. The van der Waals surface area contributed by atoms with E-state index >= 15 is 0 Å². The van der Waals surface area contributed by atoms with Crippen LogP contribution >= 0.6 is 11.8 Å². The highest BCUT2D eigenvalue weighted by Gasteiger charge is 2.55. The molecule has 3 rings (SSSR count). The molecule has 8 heteroatoms. The molecule has 0 spiro atoms. The summed E-state index contributed by atoms with van der Waals surface area (Å²) in [5.41, 5.74) is 3.31. The van der Waals surface area contributed by atoms with Crippen molar-refractivity contribution in [3.63, 3.8) is 0 Å². The molecule has 0 radical (unpaired) electrons. The molecule has 0 aromatic rings. The summed E-state index contributed by atoms with van der Waals surface area (Å²) >= 11 is 1.63. The van der Waals surface area contributed by atoms with Crippen molar-refractivity contribution in [1.29, 1.82) is 0 Å². The van der Waals surface area contributed by atoms with Crippen LogP contribution in [-0.4, -0.2) is 62.6 Å². The van der Waals surface area contributed by atoms with Crippen LogP contribution in [0.15, 0.2) is 35.5 Å². The van der Waals surface area contributed by atoms with E-state index in [2.05, 4.69) is 100 Å². The number of carbonyl (C=O) groups is 1. The quantitative estimate of drug-likeness (QED) is 0.190. The number of aliphatic hydroxyl groups is 1. The molecule has 5 nitrogen and oxygen atoms in total. The summed E-state index contributed by atoms with van der Waals surface area (Å²) in [6, 6.07) is 0. The lowest BCUT2D eigenvalue weighted by Crippen LogP contribution is -2.49. The van der Waals surface area contributed by atoms with Crippen molar-refractivity contribution in [2.24, 2.45) is 17.3 Å². The third-order valence-corrected chi connectivity index (χ3v) is 22.4. The van der Waals surface area contributed by atoms with Crippen molar-refractivity contribution in [3.8, 4) is 0 Å². The Bertz CT molecular complexity index is 1200. The molecule has 0 unspecified atom stereocenters. The number of esters is 1. The second kappa shape index (κ2) is 14.5. The summed E-state index contributed by atoms with van der Waals surface area (Å²) < 4.78 is 19.7. The molecule has 1 N–H and O–H groups in total. The highest BCUT2D eigenvalue weighted by molar-refractivity contribution is 8.00.